The number of hydrogen-bond donors (Lipinski definition) is 0. The van der Waals surface area contributed by atoms with Crippen molar-refractivity contribution in [3.8, 4) is 0 Å². The first-order chi connectivity index (χ1) is 9.87. The highest BCUT2D eigenvalue weighted by Crippen LogP contribution is 2.36. The third-order valence-electron chi connectivity index (χ3n) is 4.37. The van der Waals surface area contributed by atoms with Crippen LogP contribution in [0.1, 0.15) is 33.3 Å². The van der Waals surface area contributed by atoms with Crippen molar-refractivity contribution in [1.29, 1.82) is 0 Å². The molecule has 0 amide bonds. The van der Waals surface area contributed by atoms with Crippen LogP contribution in [0.2, 0.25) is 0 Å². The van der Waals surface area contributed by atoms with E-state index in [1.807, 2.05) is 35.3 Å². The van der Waals surface area contributed by atoms with Gasteiger partial charge in [0.1, 0.15) is 0 Å². The van der Waals surface area contributed by atoms with Crippen LogP contribution < -0.4 is 5.46 Å². The van der Waals surface area contributed by atoms with Gasteiger partial charge in [-0.2, -0.15) is 5.10 Å². The molecule has 0 N–H and O–H groups in total. The first kappa shape index (κ1) is 14.4. The van der Waals surface area contributed by atoms with Crippen molar-refractivity contribution in [2.24, 2.45) is 0 Å². The van der Waals surface area contributed by atoms with Crippen LogP contribution in [0.25, 0.3) is 0 Å². The molecule has 0 aliphatic carbocycles. The minimum Gasteiger partial charge on any atom is -0.399 e. The summed E-state index contributed by atoms with van der Waals surface area (Å²) in [6.45, 7) is 8.98. The molecule has 0 radical (unpaired) electrons. The van der Waals surface area contributed by atoms with E-state index in [0.717, 1.165) is 12.0 Å². The zero-order chi connectivity index (χ0) is 15.1. The van der Waals surface area contributed by atoms with E-state index in [9.17, 15) is 0 Å². The van der Waals surface area contributed by atoms with Crippen molar-refractivity contribution < 1.29 is 9.31 Å². The topological polar surface area (TPSA) is 36.3 Å². The van der Waals surface area contributed by atoms with Gasteiger partial charge in [-0.3, -0.25) is 4.68 Å². The zero-order valence-electron chi connectivity index (χ0n) is 13.0. The molecule has 3 rings (SSSR count). The van der Waals surface area contributed by atoms with E-state index in [1.165, 1.54) is 5.56 Å². The SMILES string of the molecule is CC1(C)OB(c2cnn(Cc3ccccc3)c2)OC1(C)C. The average Bonchev–Trinajstić information content (AvgIpc) is 2.94. The van der Waals surface area contributed by atoms with Gasteiger partial charge >= 0.3 is 7.12 Å². The lowest BCUT2D eigenvalue weighted by atomic mass is 9.82. The number of nitrogens with zero attached hydrogens (tertiary/aromatic N) is 2. The Balaban J connectivity index is 1.74. The third-order valence-corrected chi connectivity index (χ3v) is 4.37. The number of rotatable bonds is 3. The Kier molecular flexibility index (Phi) is 3.42. The fraction of sp³-hybridized carbons (Fsp3) is 0.438. The van der Waals surface area contributed by atoms with E-state index < -0.39 is 0 Å². The molecule has 0 saturated carbocycles. The monoisotopic (exact) mass is 284 g/mol. The molecule has 4 nitrogen and oxygen atoms in total. The number of hydrogen-bond acceptors (Lipinski definition) is 3. The van der Waals surface area contributed by atoms with E-state index in [-0.39, 0.29) is 18.3 Å². The lowest BCUT2D eigenvalue weighted by molar-refractivity contribution is 0.00578. The molecular weight excluding hydrogens is 263 g/mol. The van der Waals surface area contributed by atoms with Gasteiger partial charge in [0.2, 0.25) is 0 Å². The second kappa shape index (κ2) is 5.00. The van der Waals surface area contributed by atoms with Gasteiger partial charge in [0, 0.05) is 17.9 Å². The largest absolute Gasteiger partial charge is 0.498 e. The van der Waals surface area contributed by atoms with E-state index in [0.29, 0.717) is 0 Å². The van der Waals surface area contributed by atoms with Gasteiger partial charge in [-0.05, 0) is 33.3 Å². The summed E-state index contributed by atoms with van der Waals surface area (Å²) in [5.74, 6) is 0. The average molecular weight is 284 g/mol. The molecule has 0 unspecified atom stereocenters. The Hall–Kier alpha value is -1.59. The van der Waals surface area contributed by atoms with Crippen molar-refractivity contribution in [2.75, 3.05) is 0 Å². The Bertz CT molecular complexity index is 606. The molecule has 5 heteroatoms. The van der Waals surface area contributed by atoms with Gasteiger partial charge in [-0.25, -0.2) is 0 Å². The van der Waals surface area contributed by atoms with Crippen molar-refractivity contribution in [3.05, 3.63) is 48.3 Å². The van der Waals surface area contributed by atoms with Gasteiger partial charge in [0.15, 0.2) is 0 Å². The molecule has 1 aliphatic heterocycles. The second-order valence-corrected chi connectivity index (χ2v) is 6.55. The molecule has 1 fully saturated rings. The quantitative estimate of drug-likeness (QED) is 0.811. The molecular formula is C16H21BN2O2. The first-order valence-corrected chi connectivity index (χ1v) is 7.29. The fourth-order valence-electron chi connectivity index (χ4n) is 2.34. The summed E-state index contributed by atoms with van der Waals surface area (Å²) < 4.78 is 14.0. The molecule has 1 aromatic heterocycles. The molecule has 1 aliphatic rings. The maximum atomic E-state index is 6.04. The fourth-order valence-corrected chi connectivity index (χ4v) is 2.34. The Morgan fingerprint density at radius 3 is 2.29 bits per heavy atom. The van der Waals surface area contributed by atoms with Crippen molar-refractivity contribution in [1.82, 2.24) is 9.78 Å². The normalized spacial score (nSPS) is 19.9. The van der Waals surface area contributed by atoms with Crippen molar-refractivity contribution >= 4 is 12.6 Å². The van der Waals surface area contributed by atoms with E-state index >= 15 is 0 Å². The van der Waals surface area contributed by atoms with Gasteiger partial charge in [-0.1, -0.05) is 30.3 Å². The van der Waals surface area contributed by atoms with Crippen LogP contribution in [0.4, 0.5) is 0 Å². The van der Waals surface area contributed by atoms with E-state index in [4.69, 9.17) is 9.31 Å². The maximum Gasteiger partial charge on any atom is 0.498 e. The van der Waals surface area contributed by atoms with Crippen molar-refractivity contribution in [2.45, 2.75) is 45.4 Å². The number of benzene rings is 1. The lowest BCUT2D eigenvalue weighted by Crippen LogP contribution is -2.41. The standard InChI is InChI=1S/C16H21BN2O2/c1-15(2)16(3,4)21-17(20-15)14-10-18-19(12-14)11-13-8-6-5-7-9-13/h5-10,12H,11H2,1-4H3. The summed E-state index contributed by atoms with van der Waals surface area (Å²) in [5.41, 5.74) is 1.55. The molecule has 1 aromatic carbocycles. The highest BCUT2D eigenvalue weighted by atomic mass is 16.7. The molecule has 1 saturated heterocycles. The second-order valence-electron chi connectivity index (χ2n) is 6.55. The summed E-state index contributed by atoms with van der Waals surface area (Å²) in [6, 6.07) is 10.3. The van der Waals surface area contributed by atoms with Crippen LogP contribution in [-0.4, -0.2) is 28.1 Å². The molecule has 0 atom stereocenters. The maximum absolute atomic E-state index is 6.04. The van der Waals surface area contributed by atoms with Crippen LogP contribution in [0.5, 0.6) is 0 Å². The molecule has 0 bridgehead atoms. The van der Waals surface area contributed by atoms with Crippen LogP contribution in [-0.2, 0) is 15.9 Å². The molecule has 0 spiro atoms. The minimum atomic E-state index is -0.348. The predicted molar refractivity (Wildman–Crippen MR) is 83.5 cm³/mol. The summed E-state index contributed by atoms with van der Waals surface area (Å²) in [6.07, 6.45) is 3.82. The predicted octanol–water partition coefficient (Wildman–Crippen LogP) is 2.23. The summed E-state index contributed by atoms with van der Waals surface area (Å²) in [5, 5.41) is 4.41. The zero-order valence-corrected chi connectivity index (χ0v) is 13.0. The van der Waals surface area contributed by atoms with E-state index in [1.54, 1.807) is 0 Å². The summed E-state index contributed by atoms with van der Waals surface area (Å²) in [7, 11) is -0.348. The first-order valence-electron chi connectivity index (χ1n) is 7.29. The van der Waals surface area contributed by atoms with Crippen LogP contribution >= 0.6 is 0 Å². The van der Waals surface area contributed by atoms with Gasteiger partial charge in [0.05, 0.1) is 17.7 Å². The third kappa shape index (κ3) is 2.76. The Morgan fingerprint density at radius 1 is 1.05 bits per heavy atom. The highest BCUT2D eigenvalue weighted by Gasteiger charge is 2.52. The van der Waals surface area contributed by atoms with E-state index in [2.05, 4.69) is 44.9 Å². The molecule has 2 heterocycles. The molecule has 110 valence electrons. The van der Waals surface area contributed by atoms with Crippen molar-refractivity contribution in [3.63, 3.8) is 0 Å². The smallest absolute Gasteiger partial charge is 0.399 e. The van der Waals surface area contributed by atoms with Crippen LogP contribution in [0, 0.1) is 0 Å². The Morgan fingerprint density at radius 2 is 1.67 bits per heavy atom. The molecule has 2 aromatic rings. The van der Waals surface area contributed by atoms with Crippen LogP contribution in [0.15, 0.2) is 42.7 Å². The van der Waals surface area contributed by atoms with Gasteiger partial charge in [-0.15, -0.1) is 0 Å². The highest BCUT2D eigenvalue weighted by molar-refractivity contribution is 6.61. The summed E-state index contributed by atoms with van der Waals surface area (Å²) >= 11 is 0. The Labute approximate surface area is 126 Å². The van der Waals surface area contributed by atoms with Gasteiger partial charge in [0.25, 0.3) is 0 Å². The minimum absolute atomic E-state index is 0.320. The number of aromatic nitrogens is 2. The van der Waals surface area contributed by atoms with Crippen LogP contribution in [0.3, 0.4) is 0 Å². The summed E-state index contributed by atoms with van der Waals surface area (Å²) in [4.78, 5) is 0. The lowest BCUT2D eigenvalue weighted by Gasteiger charge is -2.32. The molecule has 21 heavy (non-hydrogen) atoms. The van der Waals surface area contributed by atoms with Gasteiger partial charge < -0.3 is 9.31 Å².